The molecule has 0 saturated heterocycles. The molecule has 0 aliphatic carbocycles. The van der Waals surface area contributed by atoms with E-state index in [0.717, 1.165) is 30.6 Å². The zero-order chi connectivity index (χ0) is 15.3. The molecule has 2 aliphatic rings. The number of amides is 1. The molecule has 5 nitrogen and oxygen atoms in total. The summed E-state index contributed by atoms with van der Waals surface area (Å²) in [6.45, 7) is 1.40. The predicted molar refractivity (Wildman–Crippen MR) is 82.5 cm³/mol. The normalized spacial score (nSPS) is 16.6. The van der Waals surface area contributed by atoms with Gasteiger partial charge in [0, 0.05) is 18.4 Å². The van der Waals surface area contributed by atoms with E-state index in [1.54, 1.807) is 11.0 Å². The zero-order valence-corrected chi connectivity index (χ0v) is 12.6. The van der Waals surface area contributed by atoms with E-state index >= 15 is 0 Å². The SMILES string of the molecule is O=Cc1c(Cl)ccnc1N1Cc2c(cc3n2CCCC3)C1=O. The van der Waals surface area contributed by atoms with Gasteiger partial charge in [-0.15, -0.1) is 0 Å². The van der Waals surface area contributed by atoms with Crippen molar-refractivity contribution in [2.45, 2.75) is 32.4 Å². The third kappa shape index (κ3) is 1.82. The smallest absolute Gasteiger partial charge is 0.261 e. The number of anilines is 1. The Hall–Kier alpha value is -2.14. The quantitative estimate of drug-likeness (QED) is 0.801. The number of pyridine rings is 1. The van der Waals surface area contributed by atoms with E-state index in [4.69, 9.17) is 11.6 Å². The van der Waals surface area contributed by atoms with Gasteiger partial charge in [0.05, 0.1) is 28.4 Å². The first-order chi connectivity index (χ1) is 10.7. The maximum Gasteiger partial charge on any atom is 0.261 e. The Labute approximate surface area is 132 Å². The Morgan fingerprint density at radius 1 is 1.32 bits per heavy atom. The molecule has 0 N–H and O–H groups in total. The molecule has 2 aromatic heterocycles. The van der Waals surface area contributed by atoms with Crippen LogP contribution in [-0.4, -0.2) is 21.7 Å². The van der Waals surface area contributed by atoms with Crippen LogP contribution >= 0.6 is 11.6 Å². The van der Waals surface area contributed by atoms with Gasteiger partial charge in [-0.1, -0.05) is 11.6 Å². The van der Waals surface area contributed by atoms with Crippen LogP contribution in [0.2, 0.25) is 5.02 Å². The lowest BCUT2D eigenvalue weighted by atomic mass is 10.1. The van der Waals surface area contributed by atoms with E-state index < -0.39 is 0 Å². The fourth-order valence-corrected chi connectivity index (χ4v) is 3.55. The molecule has 2 aromatic rings. The van der Waals surface area contributed by atoms with Crippen molar-refractivity contribution >= 4 is 29.6 Å². The van der Waals surface area contributed by atoms with E-state index in [0.29, 0.717) is 23.7 Å². The molecule has 4 heterocycles. The summed E-state index contributed by atoms with van der Waals surface area (Å²) in [5.41, 5.74) is 3.26. The molecule has 2 aliphatic heterocycles. The summed E-state index contributed by atoms with van der Waals surface area (Å²) in [5.74, 6) is 0.239. The van der Waals surface area contributed by atoms with E-state index in [1.807, 2.05) is 6.07 Å². The second kappa shape index (κ2) is 4.95. The minimum atomic E-state index is -0.102. The Kier molecular flexibility index (Phi) is 3.04. The van der Waals surface area contributed by atoms with Crippen LogP contribution in [0.25, 0.3) is 0 Å². The molecule has 0 bridgehead atoms. The first-order valence-electron chi connectivity index (χ1n) is 7.33. The maximum atomic E-state index is 12.7. The lowest BCUT2D eigenvalue weighted by Gasteiger charge is -2.21. The van der Waals surface area contributed by atoms with E-state index in [-0.39, 0.29) is 11.5 Å². The van der Waals surface area contributed by atoms with Crippen LogP contribution < -0.4 is 4.90 Å². The Morgan fingerprint density at radius 2 is 2.18 bits per heavy atom. The topological polar surface area (TPSA) is 55.2 Å². The third-order valence-corrected chi connectivity index (χ3v) is 4.76. The zero-order valence-electron chi connectivity index (χ0n) is 11.9. The number of aromatic nitrogens is 2. The predicted octanol–water partition coefficient (Wildman–Crippen LogP) is 2.85. The van der Waals surface area contributed by atoms with Crippen molar-refractivity contribution in [3.05, 3.63) is 45.9 Å². The van der Waals surface area contributed by atoms with Gasteiger partial charge < -0.3 is 4.57 Å². The minimum absolute atomic E-state index is 0.102. The summed E-state index contributed by atoms with van der Waals surface area (Å²) in [7, 11) is 0. The van der Waals surface area contributed by atoms with Crippen molar-refractivity contribution in [3.63, 3.8) is 0 Å². The third-order valence-electron chi connectivity index (χ3n) is 4.43. The van der Waals surface area contributed by atoms with Crippen molar-refractivity contribution in [3.8, 4) is 0 Å². The van der Waals surface area contributed by atoms with Gasteiger partial charge in [-0.05, 0) is 31.4 Å². The second-order valence-corrected chi connectivity index (χ2v) is 6.05. The fourth-order valence-electron chi connectivity index (χ4n) is 3.37. The highest BCUT2D eigenvalue weighted by atomic mass is 35.5. The lowest BCUT2D eigenvalue weighted by Crippen LogP contribution is -2.26. The van der Waals surface area contributed by atoms with Crippen molar-refractivity contribution in [2.75, 3.05) is 4.90 Å². The molecule has 6 heteroatoms. The monoisotopic (exact) mass is 315 g/mol. The van der Waals surface area contributed by atoms with Crippen LogP contribution in [0.15, 0.2) is 18.3 Å². The summed E-state index contributed by atoms with van der Waals surface area (Å²) in [6.07, 6.45) is 5.51. The summed E-state index contributed by atoms with van der Waals surface area (Å²) < 4.78 is 2.24. The largest absolute Gasteiger partial charge is 0.346 e. The molecule has 0 aromatic carbocycles. The van der Waals surface area contributed by atoms with Crippen LogP contribution in [0.5, 0.6) is 0 Å². The van der Waals surface area contributed by atoms with Gasteiger partial charge >= 0.3 is 0 Å². The molecule has 0 spiro atoms. The fraction of sp³-hybridized carbons (Fsp3) is 0.312. The number of carbonyl (C=O) groups excluding carboxylic acids is 2. The highest BCUT2D eigenvalue weighted by Crippen LogP contribution is 2.34. The summed E-state index contributed by atoms with van der Waals surface area (Å²) in [4.78, 5) is 29.7. The Balaban J connectivity index is 1.78. The number of aldehydes is 1. The maximum absolute atomic E-state index is 12.7. The molecule has 22 heavy (non-hydrogen) atoms. The Morgan fingerprint density at radius 3 is 3.00 bits per heavy atom. The Bertz CT molecular complexity index is 797. The number of hydrogen-bond donors (Lipinski definition) is 0. The van der Waals surface area contributed by atoms with Gasteiger partial charge in [0.1, 0.15) is 5.82 Å². The van der Waals surface area contributed by atoms with Crippen LogP contribution in [0.1, 0.15) is 44.9 Å². The number of nitrogens with zero attached hydrogens (tertiary/aromatic N) is 3. The van der Waals surface area contributed by atoms with Gasteiger partial charge in [0.15, 0.2) is 6.29 Å². The number of rotatable bonds is 2. The van der Waals surface area contributed by atoms with E-state index in [2.05, 4.69) is 9.55 Å². The number of hydrogen-bond acceptors (Lipinski definition) is 3. The molecule has 0 saturated carbocycles. The summed E-state index contributed by atoms with van der Waals surface area (Å²) in [6, 6.07) is 3.54. The molecule has 1 amide bonds. The average Bonchev–Trinajstić information content (AvgIpc) is 3.04. The molecule has 0 fully saturated rings. The summed E-state index contributed by atoms with van der Waals surface area (Å²) in [5, 5.41) is 0.314. The van der Waals surface area contributed by atoms with Crippen LogP contribution in [0, 0.1) is 0 Å². The molecular weight excluding hydrogens is 302 g/mol. The first-order valence-corrected chi connectivity index (χ1v) is 7.71. The lowest BCUT2D eigenvalue weighted by molar-refractivity contribution is 0.0996. The van der Waals surface area contributed by atoms with Crippen molar-refractivity contribution in [1.29, 1.82) is 0 Å². The van der Waals surface area contributed by atoms with Gasteiger partial charge in [-0.25, -0.2) is 4.98 Å². The molecule has 0 atom stereocenters. The van der Waals surface area contributed by atoms with Crippen LogP contribution in [-0.2, 0) is 19.5 Å². The number of aryl methyl sites for hydroxylation is 1. The standard InChI is InChI=1S/C16H14ClN3O2/c17-13-4-5-18-15(12(13)9-21)20-8-14-11(16(20)22)7-10-3-1-2-6-19(10)14/h4-5,7,9H,1-3,6,8H2. The molecular formula is C16H14ClN3O2. The minimum Gasteiger partial charge on any atom is -0.346 e. The number of fused-ring (bicyclic) bond motifs is 3. The molecule has 112 valence electrons. The number of carbonyl (C=O) groups is 2. The van der Waals surface area contributed by atoms with E-state index in [9.17, 15) is 9.59 Å². The van der Waals surface area contributed by atoms with E-state index in [1.165, 1.54) is 18.3 Å². The molecule has 0 unspecified atom stereocenters. The van der Waals surface area contributed by atoms with Gasteiger partial charge in [0.2, 0.25) is 0 Å². The van der Waals surface area contributed by atoms with Crippen LogP contribution in [0.4, 0.5) is 5.82 Å². The van der Waals surface area contributed by atoms with Gasteiger partial charge in [-0.2, -0.15) is 0 Å². The van der Waals surface area contributed by atoms with Crippen LogP contribution in [0.3, 0.4) is 0 Å². The summed E-state index contributed by atoms with van der Waals surface area (Å²) >= 11 is 6.04. The average molecular weight is 316 g/mol. The number of halogens is 1. The highest BCUT2D eigenvalue weighted by Gasteiger charge is 2.35. The second-order valence-electron chi connectivity index (χ2n) is 5.64. The van der Waals surface area contributed by atoms with Gasteiger partial charge in [-0.3, -0.25) is 14.5 Å². The molecule has 4 rings (SSSR count). The van der Waals surface area contributed by atoms with Crippen molar-refractivity contribution in [1.82, 2.24) is 9.55 Å². The molecule has 0 radical (unpaired) electrons. The highest BCUT2D eigenvalue weighted by molar-refractivity contribution is 6.33. The van der Waals surface area contributed by atoms with Gasteiger partial charge in [0.25, 0.3) is 5.91 Å². The first kappa shape index (κ1) is 13.5. The van der Waals surface area contributed by atoms with Crippen molar-refractivity contribution < 1.29 is 9.59 Å². The van der Waals surface area contributed by atoms with Crippen molar-refractivity contribution in [2.24, 2.45) is 0 Å².